The number of rotatable bonds is 4. The third-order valence-electron chi connectivity index (χ3n) is 3.43. The maximum absolute atomic E-state index is 12.1. The van der Waals surface area contributed by atoms with Crippen LogP contribution < -0.4 is 0 Å². The van der Waals surface area contributed by atoms with Crippen LogP contribution in [0.5, 0.6) is 5.75 Å². The van der Waals surface area contributed by atoms with E-state index in [4.69, 9.17) is 4.74 Å². The Hall–Kier alpha value is -2.49. The maximum Gasteiger partial charge on any atom is 0.410 e. The van der Waals surface area contributed by atoms with Gasteiger partial charge in [0.25, 0.3) is 0 Å². The Morgan fingerprint density at radius 1 is 1.19 bits per heavy atom. The molecule has 2 rings (SSSR count). The van der Waals surface area contributed by atoms with Gasteiger partial charge in [0.2, 0.25) is 0 Å². The van der Waals surface area contributed by atoms with Crippen molar-refractivity contribution in [1.82, 2.24) is 4.90 Å². The summed E-state index contributed by atoms with van der Waals surface area (Å²) in [6.07, 6.45) is -0.394. The van der Waals surface area contributed by atoms with Crippen molar-refractivity contribution in [3.8, 4) is 5.75 Å². The van der Waals surface area contributed by atoms with Crippen LogP contribution in [-0.4, -0.2) is 23.1 Å². The number of phenols is 1. The molecule has 0 saturated carbocycles. The van der Waals surface area contributed by atoms with Crippen molar-refractivity contribution in [2.75, 3.05) is 7.05 Å². The predicted octanol–water partition coefficient (Wildman–Crippen LogP) is 3.72. The Morgan fingerprint density at radius 2 is 1.90 bits per heavy atom. The zero-order chi connectivity index (χ0) is 15.2. The van der Waals surface area contributed by atoms with Crippen molar-refractivity contribution < 1.29 is 14.6 Å². The Morgan fingerprint density at radius 3 is 2.57 bits per heavy atom. The van der Waals surface area contributed by atoms with Gasteiger partial charge in [-0.3, -0.25) is 0 Å². The lowest BCUT2D eigenvalue weighted by Crippen LogP contribution is -2.30. The molecule has 0 spiro atoms. The number of nitrogens with zero attached hydrogens (tertiary/aromatic N) is 1. The molecule has 1 atom stereocenters. The minimum Gasteiger partial charge on any atom is -0.508 e. The molecule has 0 bridgehead atoms. The van der Waals surface area contributed by atoms with Gasteiger partial charge in [-0.05, 0) is 30.2 Å². The molecule has 2 aromatic carbocycles. The average Bonchev–Trinajstić information content (AvgIpc) is 2.52. The topological polar surface area (TPSA) is 49.8 Å². The number of phenolic OH excluding ortho intramolecular Hbond substituents is 1. The fraction of sp³-hybridized carbons (Fsp3) is 0.235. The van der Waals surface area contributed by atoms with Crippen LogP contribution in [0.25, 0.3) is 0 Å². The average molecular weight is 285 g/mol. The van der Waals surface area contributed by atoms with Crippen molar-refractivity contribution in [3.63, 3.8) is 0 Å². The fourth-order valence-electron chi connectivity index (χ4n) is 1.99. The molecule has 0 aliphatic carbocycles. The molecule has 4 nitrogen and oxygen atoms in total. The molecule has 110 valence electrons. The summed E-state index contributed by atoms with van der Waals surface area (Å²) in [7, 11) is 1.68. The lowest BCUT2D eigenvalue weighted by atomic mass is 10.1. The third kappa shape index (κ3) is 3.99. The Kier molecular flexibility index (Phi) is 4.82. The molecule has 1 unspecified atom stereocenters. The van der Waals surface area contributed by atoms with Crippen LogP contribution in [0.15, 0.2) is 54.6 Å². The summed E-state index contributed by atoms with van der Waals surface area (Å²) in [5.41, 5.74) is 1.80. The van der Waals surface area contributed by atoms with Crippen LogP contribution in [0, 0.1) is 0 Å². The van der Waals surface area contributed by atoms with E-state index in [2.05, 4.69) is 0 Å². The molecule has 0 radical (unpaired) electrons. The van der Waals surface area contributed by atoms with Gasteiger partial charge in [-0.2, -0.15) is 0 Å². The van der Waals surface area contributed by atoms with E-state index in [1.54, 1.807) is 25.2 Å². The molecule has 1 N–H and O–H groups in total. The van der Waals surface area contributed by atoms with Crippen LogP contribution in [0.3, 0.4) is 0 Å². The van der Waals surface area contributed by atoms with Gasteiger partial charge in [-0.1, -0.05) is 42.5 Å². The lowest BCUT2D eigenvalue weighted by molar-refractivity contribution is 0.0934. The quantitative estimate of drug-likeness (QED) is 0.931. The maximum atomic E-state index is 12.1. The second-order valence-corrected chi connectivity index (χ2v) is 4.92. The Balaban J connectivity index is 1.95. The van der Waals surface area contributed by atoms with Crippen molar-refractivity contribution in [2.45, 2.75) is 19.6 Å². The van der Waals surface area contributed by atoms with E-state index in [-0.39, 0.29) is 18.4 Å². The number of amides is 1. The molecule has 0 fully saturated rings. The van der Waals surface area contributed by atoms with Crippen LogP contribution in [0.2, 0.25) is 0 Å². The van der Waals surface area contributed by atoms with Gasteiger partial charge in [0.1, 0.15) is 12.4 Å². The molecule has 4 heteroatoms. The summed E-state index contributed by atoms with van der Waals surface area (Å²) in [4.78, 5) is 13.6. The van der Waals surface area contributed by atoms with Gasteiger partial charge in [0.15, 0.2) is 0 Å². The smallest absolute Gasteiger partial charge is 0.410 e. The minimum atomic E-state index is -0.394. The number of hydrogen-bond donors (Lipinski definition) is 1. The van der Waals surface area contributed by atoms with Crippen molar-refractivity contribution >= 4 is 6.09 Å². The first kappa shape index (κ1) is 14.9. The minimum absolute atomic E-state index is 0.180. The Labute approximate surface area is 124 Å². The monoisotopic (exact) mass is 285 g/mol. The highest BCUT2D eigenvalue weighted by atomic mass is 16.6. The summed E-state index contributed by atoms with van der Waals surface area (Å²) < 4.78 is 5.29. The van der Waals surface area contributed by atoms with Crippen LogP contribution >= 0.6 is 0 Å². The molecule has 0 heterocycles. The molecule has 0 aliphatic rings. The van der Waals surface area contributed by atoms with Crippen molar-refractivity contribution in [1.29, 1.82) is 0 Å². The highest BCUT2D eigenvalue weighted by Crippen LogP contribution is 2.22. The number of benzene rings is 2. The van der Waals surface area contributed by atoms with Gasteiger partial charge < -0.3 is 14.7 Å². The van der Waals surface area contributed by atoms with E-state index in [1.165, 1.54) is 4.90 Å². The van der Waals surface area contributed by atoms with Crippen molar-refractivity contribution in [2.24, 2.45) is 0 Å². The van der Waals surface area contributed by atoms with Crippen molar-refractivity contribution in [3.05, 3.63) is 65.7 Å². The first-order chi connectivity index (χ1) is 10.1. The normalized spacial score (nSPS) is 11.7. The summed E-state index contributed by atoms with van der Waals surface area (Å²) in [5, 5.41) is 9.50. The van der Waals surface area contributed by atoms with Gasteiger partial charge >= 0.3 is 6.09 Å². The first-order valence-corrected chi connectivity index (χ1v) is 6.80. The summed E-state index contributed by atoms with van der Waals surface area (Å²) >= 11 is 0. The zero-order valence-corrected chi connectivity index (χ0v) is 12.2. The van der Waals surface area contributed by atoms with E-state index >= 15 is 0 Å². The fourth-order valence-corrected chi connectivity index (χ4v) is 1.99. The molecule has 0 aromatic heterocycles. The standard InChI is InChI=1S/C17H19NO3/c1-13(15-9-6-10-16(19)11-15)18(2)17(20)21-12-14-7-4-3-5-8-14/h3-11,13,19H,12H2,1-2H3. The number of hydrogen-bond acceptors (Lipinski definition) is 3. The van der Waals surface area contributed by atoms with Gasteiger partial charge in [-0.15, -0.1) is 0 Å². The molecular weight excluding hydrogens is 266 g/mol. The van der Waals surface area contributed by atoms with E-state index in [9.17, 15) is 9.90 Å². The molecule has 21 heavy (non-hydrogen) atoms. The number of ether oxygens (including phenoxy) is 1. The molecule has 0 aliphatic heterocycles. The third-order valence-corrected chi connectivity index (χ3v) is 3.43. The van der Waals surface area contributed by atoms with Crippen LogP contribution in [-0.2, 0) is 11.3 Å². The molecule has 2 aromatic rings. The Bertz CT molecular complexity index is 598. The van der Waals surface area contributed by atoms with Crippen LogP contribution in [0.4, 0.5) is 4.79 Å². The van der Waals surface area contributed by atoms with E-state index in [0.717, 1.165) is 11.1 Å². The predicted molar refractivity (Wildman–Crippen MR) is 80.9 cm³/mol. The number of carbonyl (C=O) groups is 1. The molecule has 0 saturated heterocycles. The molecule has 1 amide bonds. The van der Waals surface area contributed by atoms with E-state index in [1.807, 2.05) is 43.3 Å². The van der Waals surface area contributed by atoms with Gasteiger partial charge in [0.05, 0.1) is 6.04 Å². The summed E-state index contributed by atoms with van der Waals surface area (Å²) in [6, 6.07) is 16.2. The largest absolute Gasteiger partial charge is 0.508 e. The second kappa shape index (κ2) is 6.79. The second-order valence-electron chi connectivity index (χ2n) is 4.92. The van der Waals surface area contributed by atoms with Crippen LogP contribution in [0.1, 0.15) is 24.1 Å². The number of aromatic hydroxyl groups is 1. The van der Waals surface area contributed by atoms with E-state index in [0.29, 0.717) is 0 Å². The highest BCUT2D eigenvalue weighted by Gasteiger charge is 2.18. The molecular formula is C17H19NO3. The lowest BCUT2D eigenvalue weighted by Gasteiger charge is -2.24. The van der Waals surface area contributed by atoms with E-state index < -0.39 is 6.09 Å². The number of carbonyl (C=O) groups excluding carboxylic acids is 1. The zero-order valence-electron chi connectivity index (χ0n) is 12.2. The highest BCUT2D eigenvalue weighted by molar-refractivity contribution is 5.68. The summed E-state index contributed by atoms with van der Waals surface area (Å²) in [6.45, 7) is 2.13. The first-order valence-electron chi connectivity index (χ1n) is 6.80. The summed E-state index contributed by atoms with van der Waals surface area (Å²) in [5.74, 6) is 0.186. The van der Waals surface area contributed by atoms with Gasteiger partial charge in [-0.25, -0.2) is 4.79 Å². The van der Waals surface area contributed by atoms with Gasteiger partial charge in [0, 0.05) is 7.05 Å². The SMILES string of the molecule is CC(c1cccc(O)c1)N(C)C(=O)OCc1ccccc1.